The summed E-state index contributed by atoms with van der Waals surface area (Å²) in [6.45, 7) is 6.34. The molecular formula is C15H24N2O2S. The Morgan fingerprint density at radius 2 is 1.80 bits per heavy atom. The van der Waals surface area contributed by atoms with Crippen molar-refractivity contribution < 1.29 is 8.42 Å². The number of unbranched alkanes of at least 4 members (excludes halogenated alkanes) is 1. The molecule has 4 nitrogen and oxygen atoms in total. The van der Waals surface area contributed by atoms with Gasteiger partial charge in [0.2, 0.25) is 10.0 Å². The average Bonchev–Trinajstić information content (AvgIpc) is 3.11. The number of anilines is 1. The van der Waals surface area contributed by atoms with Gasteiger partial charge in [-0.15, -0.1) is 0 Å². The molecule has 2 N–H and O–H groups in total. The van der Waals surface area contributed by atoms with Gasteiger partial charge in [0.15, 0.2) is 0 Å². The van der Waals surface area contributed by atoms with E-state index in [0.29, 0.717) is 17.1 Å². The lowest BCUT2D eigenvalue weighted by Crippen LogP contribution is -2.35. The SMILES string of the molecule is CCCCN(C1CC1)S(=O)(=O)c1c(C)cc(N)cc1C. The van der Waals surface area contributed by atoms with E-state index in [2.05, 4.69) is 6.92 Å². The lowest BCUT2D eigenvalue weighted by atomic mass is 10.1. The Morgan fingerprint density at radius 1 is 1.25 bits per heavy atom. The van der Waals surface area contributed by atoms with Crippen LogP contribution in [0.2, 0.25) is 0 Å². The molecule has 0 unspecified atom stereocenters. The van der Waals surface area contributed by atoms with Crippen molar-refractivity contribution in [2.75, 3.05) is 12.3 Å². The molecule has 1 fully saturated rings. The molecule has 1 aromatic rings. The zero-order chi connectivity index (χ0) is 14.9. The van der Waals surface area contributed by atoms with Crippen LogP contribution >= 0.6 is 0 Å². The Balaban J connectivity index is 2.42. The van der Waals surface area contributed by atoms with Gasteiger partial charge in [0.25, 0.3) is 0 Å². The molecule has 0 radical (unpaired) electrons. The summed E-state index contributed by atoms with van der Waals surface area (Å²) < 4.78 is 27.6. The van der Waals surface area contributed by atoms with Gasteiger partial charge in [-0.25, -0.2) is 8.42 Å². The normalized spacial score (nSPS) is 15.8. The second-order valence-corrected chi connectivity index (χ2v) is 7.51. The van der Waals surface area contributed by atoms with Crippen LogP contribution < -0.4 is 5.73 Å². The first kappa shape index (κ1) is 15.3. The number of benzene rings is 1. The molecule has 0 aromatic heterocycles. The van der Waals surface area contributed by atoms with Gasteiger partial charge in [-0.3, -0.25) is 0 Å². The van der Waals surface area contributed by atoms with E-state index < -0.39 is 10.0 Å². The van der Waals surface area contributed by atoms with Crippen LogP contribution in [0, 0.1) is 13.8 Å². The number of rotatable bonds is 6. The van der Waals surface area contributed by atoms with E-state index in [0.717, 1.165) is 36.8 Å². The molecule has 0 bridgehead atoms. The maximum absolute atomic E-state index is 13.0. The smallest absolute Gasteiger partial charge is 0.243 e. The molecule has 5 heteroatoms. The lowest BCUT2D eigenvalue weighted by Gasteiger charge is -2.24. The highest BCUT2D eigenvalue weighted by atomic mass is 32.2. The molecule has 1 aliphatic carbocycles. The van der Waals surface area contributed by atoms with E-state index >= 15 is 0 Å². The van der Waals surface area contributed by atoms with Gasteiger partial charge >= 0.3 is 0 Å². The Kier molecular flexibility index (Phi) is 4.39. The molecule has 0 heterocycles. The molecule has 0 saturated heterocycles. The number of hydrogen-bond acceptors (Lipinski definition) is 3. The summed E-state index contributed by atoms with van der Waals surface area (Å²) in [5, 5.41) is 0. The summed E-state index contributed by atoms with van der Waals surface area (Å²) in [5.74, 6) is 0. The second kappa shape index (κ2) is 5.74. The average molecular weight is 296 g/mol. The minimum absolute atomic E-state index is 0.197. The Bertz CT molecular complexity index is 569. The molecule has 0 spiro atoms. The van der Waals surface area contributed by atoms with E-state index in [1.807, 2.05) is 13.8 Å². The minimum Gasteiger partial charge on any atom is -0.399 e. The molecule has 112 valence electrons. The van der Waals surface area contributed by atoms with Gasteiger partial charge in [-0.1, -0.05) is 13.3 Å². The molecule has 0 atom stereocenters. The first-order chi connectivity index (χ1) is 9.37. The van der Waals surface area contributed by atoms with Crippen LogP contribution in [0.15, 0.2) is 17.0 Å². The minimum atomic E-state index is -3.41. The molecule has 1 aromatic carbocycles. The Morgan fingerprint density at radius 3 is 2.25 bits per heavy atom. The maximum atomic E-state index is 13.0. The molecule has 1 saturated carbocycles. The third-order valence-electron chi connectivity index (χ3n) is 3.74. The Labute approximate surface area is 122 Å². The van der Waals surface area contributed by atoms with E-state index in [1.54, 1.807) is 16.4 Å². The van der Waals surface area contributed by atoms with Crippen molar-refractivity contribution >= 4 is 15.7 Å². The number of hydrogen-bond donors (Lipinski definition) is 1. The van der Waals surface area contributed by atoms with Gasteiger partial charge < -0.3 is 5.73 Å². The van der Waals surface area contributed by atoms with Crippen LogP contribution in [0.1, 0.15) is 43.7 Å². The number of sulfonamides is 1. The highest BCUT2D eigenvalue weighted by Gasteiger charge is 2.38. The largest absolute Gasteiger partial charge is 0.399 e. The Hall–Kier alpha value is -1.07. The van der Waals surface area contributed by atoms with Crippen molar-refractivity contribution in [3.05, 3.63) is 23.3 Å². The van der Waals surface area contributed by atoms with E-state index in [9.17, 15) is 8.42 Å². The summed E-state index contributed by atoms with van der Waals surface area (Å²) in [6.07, 6.45) is 3.87. The van der Waals surface area contributed by atoms with Crippen LogP contribution in [-0.4, -0.2) is 25.3 Å². The van der Waals surface area contributed by atoms with E-state index in [4.69, 9.17) is 5.73 Å². The summed E-state index contributed by atoms with van der Waals surface area (Å²) in [7, 11) is -3.41. The van der Waals surface area contributed by atoms with Crippen LogP contribution in [0.5, 0.6) is 0 Å². The van der Waals surface area contributed by atoms with Crippen LogP contribution in [0.4, 0.5) is 5.69 Å². The summed E-state index contributed by atoms with van der Waals surface area (Å²) in [4.78, 5) is 0.440. The van der Waals surface area contributed by atoms with E-state index in [-0.39, 0.29) is 6.04 Å². The monoisotopic (exact) mass is 296 g/mol. The van der Waals surface area contributed by atoms with Crippen molar-refractivity contribution in [3.8, 4) is 0 Å². The highest BCUT2D eigenvalue weighted by molar-refractivity contribution is 7.89. The first-order valence-electron chi connectivity index (χ1n) is 7.26. The number of nitrogens with zero attached hydrogens (tertiary/aromatic N) is 1. The van der Waals surface area contributed by atoms with Gasteiger partial charge in [-0.05, 0) is 56.4 Å². The summed E-state index contributed by atoms with van der Waals surface area (Å²) in [6, 6.07) is 3.68. The predicted octanol–water partition coefficient (Wildman–Crippen LogP) is 2.84. The van der Waals surface area contributed by atoms with Crippen molar-refractivity contribution in [2.24, 2.45) is 0 Å². The van der Waals surface area contributed by atoms with Gasteiger partial charge in [0.05, 0.1) is 4.90 Å². The zero-order valence-electron chi connectivity index (χ0n) is 12.5. The maximum Gasteiger partial charge on any atom is 0.243 e. The first-order valence-corrected chi connectivity index (χ1v) is 8.70. The van der Waals surface area contributed by atoms with Crippen molar-refractivity contribution in [1.82, 2.24) is 4.31 Å². The van der Waals surface area contributed by atoms with Crippen molar-refractivity contribution in [2.45, 2.75) is 57.4 Å². The van der Waals surface area contributed by atoms with Crippen molar-refractivity contribution in [1.29, 1.82) is 0 Å². The molecule has 2 rings (SSSR count). The molecule has 20 heavy (non-hydrogen) atoms. The van der Waals surface area contributed by atoms with Crippen LogP contribution in [-0.2, 0) is 10.0 Å². The van der Waals surface area contributed by atoms with E-state index in [1.165, 1.54) is 0 Å². The van der Waals surface area contributed by atoms with Gasteiger partial charge in [0, 0.05) is 18.3 Å². The standard InChI is InChI=1S/C15H24N2O2S/c1-4-5-8-17(14-6-7-14)20(18,19)15-11(2)9-13(16)10-12(15)3/h9-10,14H,4-8,16H2,1-3H3. The second-order valence-electron chi connectivity index (χ2n) is 5.68. The third kappa shape index (κ3) is 2.99. The van der Waals surface area contributed by atoms with Crippen LogP contribution in [0.3, 0.4) is 0 Å². The third-order valence-corrected chi connectivity index (χ3v) is 5.99. The summed E-state index contributed by atoms with van der Waals surface area (Å²) >= 11 is 0. The molecule has 1 aliphatic rings. The highest BCUT2D eigenvalue weighted by Crippen LogP contribution is 2.34. The lowest BCUT2D eigenvalue weighted by molar-refractivity contribution is 0.395. The zero-order valence-corrected chi connectivity index (χ0v) is 13.3. The fraction of sp³-hybridized carbons (Fsp3) is 0.600. The fourth-order valence-electron chi connectivity index (χ4n) is 2.68. The molecule has 0 amide bonds. The molecular weight excluding hydrogens is 272 g/mol. The van der Waals surface area contributed by atoms with Crippen LogP contribution in [0.25, 0.3) is 0 Å². The number of aryl methyl sites for hydroxylation is 2. The van der Waals surface area contributed by atoms with Gasteiger partial charge in [-0.2, -0.15) is 4.31 Å². The van der Waals surface area contributed by atoms with Crippen molar-refractivity contribution in [3.63, 3.8) is 0 Å². The predicted molar refractivity (Wildman–Crippen MR) is 82.2 cm³/mol. The quantitative estimate of drug-likeness (QED) is 0.821. The number of nitrogens with two attached hydrogens (primary N) is 1. The molecule has 0 aliphatic heterocycles. The number of nitrogen functional groups attached to an aromatic ring is 1. The summed E-state index contributed by atoms with van der Waals surface area (Å²) in [5.41, 5.74) is 7.89. The topological polar surface area (TPSA) is 63.4 Å². The fourth-order valence-corrected chi connectivity index (χ4v) is 4.82. The van der Waals surface area contributed by atoms with Gasteiger partial charge in [0.1, 0.15) is 0 Å².